The van der Waals surface area contributed by atoms with Crippen LogP contribution in [-0.4, -0.2) is 16.1 Å². The van der Waals surface area contributed by atoms with E-state index in [9.17, 15) is 9.59 Å². The van der Waals surface area contributed by atoms with Crippen molar-refractivity contribution in [3.63, 3.8) is 0 Å². The number of nitrogens with zero attached hydrogens (tertiary/aromatic N) is 1. The number of hydrogen-bond donors (Lipinski definition) is 2. The predicted octanol–water partition coefficient (Wildman–Crippen LogP) is 1.32. The summed E-state index contributed by atoms with van der Waals surface area (Å²) < 4.78 is 4.95. The first kappa shape index (κ1) is 11.8. The molecule has 1 heterocycles. The van der Waals surface area contributed by atoms with Gasteiger partial charge in [0, 0.05) is 12.3 Å². The first-order valence-corrected chi connectivity index (χ1v) is 5.19. The third kappa shape index (κ3) is 3.44. The van der Waals surface area contributed by atoms with E-state index in [4.69, 9.17) is 4.74 Å². The zero-order valence-electron chi connectivity index (χ0n) is 9.34. The fraction of sp³-hybridized carbons (Fsp3) is 0.0833. The molecule has 6 heteroatoms. The summed E-state index contributed by atoms with van der Waals surface area (Å²) in [7, 11) is 0. The highest BCUT2D eigenvalue weighted by molar-refractivity contribution is 5.82. The van der Waals surface area contributed by atoms with E-state index in [1.54, 1.807) is 0 Å². The van der Waals surface area contributed by atoms with Crippen molar-refractivity contribution in [1.29, 1.82) is 0 Å². The van der Waals surface area contributed by atoms with Crippen LogP contribution in [0.25, 0.3) is 0 Å². The number of anilines is 1. The lowest BCUT2D eigenvalue weighted by Gasteiger charge is -2.05. The Morgan fingerprint density at radius 2 is 2.17 bits per heavy atom. The Morgan fingerprint density at radius 1 is 1.39 bits per heavy atom. The molecule has 6 nitrogen and oxygen atoms in total. The van der Waals surface area contributed by atoms with Gasteiger partial charge < -0.3 is 9.72 Å². The lowest BCUT2D eigenvalue weighted by atomic mass is 10.2. The summed E-state index contributed by atoms with van der Waals surface area (Å²) in [6.45, 7) is 0.149. The Balaban J connectivity index is 1.88. The van der Waals surface area contributed by atoms with Gasteiger partial charge in [0.1, 0.15) is 6.61 Å². The molecule has 2 aromatic rings. The van der Waals surface area contributed by atoms with Gasteiger partial charge in [-0.3, -0.25) is 5.32 Å². The SMILES string of the molecule is O=C(Nc1[c]c[nH]c(=O)n1)OCc1ccccc1. The summed E-state index contributed by atoms with van der Waals surface area (Å²) in [5.74, 6) is 0.0248. The van der Waals surface area contributed by atoms with E-state index in [0.29, 0.717) is 0 Å². The smallest absolute Gasteiger partial charge is 0.413 e. The van der Waals surface area contributed by atoms with Crippen LogP contribution in [0.2, 0.25) is 0 Å². The van der Waals surface area contributed by atoms with Crippen LogP contribution in [0.3, 0.4) is 0 Å². The summed E-state index contributed by atoms with van der Waals surface area (Å²) >= 11 is 0. The van der Waals surface area contributed by atoms with Gasteiger partial charge in [-0.15, -0.1) is 0 Å². The van der Waals surface area contributed by atoms with Crippen molar-refractivity contribution >= 4 is 11.9 Å². The van der Waals surface area contributed by atoms with Crippen LogP contribution in [0.5, 0.6) is 0 Å². The highest BCUT2D eigenvalue weighted by Crippen LogP contribution is 2.02. The molecule has 1 amide bonds. The van der Waals surface area contributed by atoms with Crippen LogP contribution in [0.4, 0.5) is 10.6 Å². The van der Waals surface area contributed by atoms with E-state index >= 15 is 0 Å². The molecule has 0 saturated carbocycles. The van der Waals surface area contributed by atoms with Crippen molar-refractivity contribution in [2.24, 2.45) is 0 Å². The molecule has 1 radical (unpaired) electrons. The fourth-order valence-corrected chi connectivity index (χ4v) is 1.25. The number of aromatic amines is 1. The highest BCUT2D eigenvalue weighted by atomic mass is 16.5. The van der Waals surface area contributed by atoms with Crippen LogP contribution >= 0.6 is 0 Å². The van der Waals surface area contributed by atoms with Gasteiger partial charge in [-0.25, -0.2) is 9.59 Å². The van der Waals surface area contributed by atoms with Gasteiger partial charge in [0.25, 0.3) is 0 Å². The quantitative estimate of drug-likeness (QED) is 0.852. The summed E-state index contributed by atoms with van der Waals surface area (Å²) in [5, 5.41) is 2.31. The fourth-order valence-electron chi connectivity index (χ4n) is 1.25. The monoisotopic (exact) mass is 244 g/mol. The minimum absolute atomic E-state index is 0.0248. The maximum absolute atomic E-state index is 11.4. The second-order valence-electron chi connectivity index (χ2n) is 3.39. The molecule has 0 spiro atoms. The molecule has 0 atom stereocenters. The molecule has 0 bridgehead atoms. The Kier molecular flexibility index (Phi) is 3.70. The molecule has 0 aliphatic carbocycles. The number of nitrogens with one attached hydrogen (secondary N) is 2. The molecule has 0 unspecified atom stereocenters. The van der Waals surface area contributed by atoms with E-state index in [1.807, 2.05) is 30.3 Å². The number of carbonyl (C=O) groups excluding carboxylic acids is 1. The topological polar surface area (TPSA) is 84.1 Å². The number of amides is 1. The number of aromatic nitrogens is 2. The normalized spacial score (nSPS) is 9.78. The summed E-state index contributed by atoms with van der Waals surface area (Å²) in [6.07, 6.45) is 0.579. The molecule has 2 rings (SSSR count). The first-order chi connectivity index (χ1) is 8.74. The Morgan fingerprint density at radius 3 is 2.89 bits per heavy atom. The van der Waals surface area contributed by atoms with Crippen LogP contribution in [0.15, 0.2) is 41.3 Å². The zero-order chi connectivity index (χ0) is 12.8. The molecule has 0 saturated heterocycles. The van der Waals surface area contributed by atoms with E-state index in [0.717, 1.165) is 5.56 Å². The van der Waals surface area contributed by atoms with Gasteiger partial charge in [-0.1, -0.05) is 30.3 Å². The van der Waals surface area contributed by atoms with Crippen molar-refractivity contribution in [3.05, 3.63) is 58.6 Å². The number of ether oxygens (including phenoxy) is 1. The molecule has 2 N–H and O–H groups in total. The Labute approximate surface area is 103 Å². The Bertz CT molecular complexity index is 580. The average Bonchev–Trinajstić information content (AvgIpc) is 2.38. The van der Waals surface area contributed by atoms with Gasteiger partial charge in [0.2, 0.25) is 0 Å². The molecule has 0 aliphatic heterocycles. The highest BCUT2D eigenvalue weighted by Gasteiger charge is 2.04. The summed E-state index contributed by atoms with van der Waals surface area (Å²) in [4.78, 5) is 28.0. The van der Waals surface area contributed by atoms with Crippen molar-refractivity contribution in [3.8, 4) is 0 Å². The molecule has 0 aliphatic rings. The number of hydrogen-bond acceptors (Lipinski definition) is 4. The van der Waals surface area contributed by atoms with Gasteiger partial charge in [0.05, 0.1) is 0 Å². The molecular formula is C12H10N3O3. The van der Waals surface area contributed by atoms with Crippen LogP contribution in [0.1, 0.15) is 5.56 Å². The van der Waals surface area contributed by atoms with Gasteiger partial charge in [-0.2, -0.15) is 4.98 Å². The van der Waals surface area contributed by atoms with Crippen LogP contribution in [0, 0.1) is 6.07 Å². The molecule has 1 aromatic carbocycles. The maximum Gasteiger partial charge on any atom is 0.413 e. The number of carbonyl (C=O) groups is 1. The average molecular weight is 244 g/mol. The van der Waals surface area contributed by atoms with Gasteiger partial charge >= 0.3 is 11.8 Å². The minimum atomic E-state index is -0.687. The number of H-pyrrole nitrogens is 1. The second kappa shape index (κ2) is 5.62. The molecule has 91 valence electrons. The summed E-state index contributed by atoms with van der Waals surface area (Å²) in [6, 6.07) is 11.8. The molecular weight excluding hydrogens is 234 g/mol. The van der Waals surface area contributed by atoms with Gasteiger partial charge in [0.15, 0.2) is 5.82 Å². The van der Waals surface area contributed by atoms with Crippen molar-refractivity contribution < 1.29 is 9.53 Å². The Hall–Kier alpha value is -2.63. The van der Waals surface area contributed by atoms with E-state index < -0.39 is 11.8 Å². The third-order valence-electron chi connectivity index (χ3n) is 2.05. The number of benzene rings is 1. The predicted molar refractivity (Wildman–Crippen MR) is 63.9 cm³/mol. The van der Waals surface area contributed by atoms with E-state index in [2.05, 4.69) is 21.4 Å². The molecule has 18 heavy (non-hydrogen) atoms. The maximum atomic E-state index is 11.4. The summed E-state index contributed by atoms with van der Waals surface area (Å²) in [5.41, 5.74) is 0.308. The lowest BCUT2D eigenvalue weighted by Crippen LogP contribution is -2.18. The van der Waals surface area contributed by atoms with E-state index in [-0.39, 0.29) is 12.4 Å². The van der Waals surface area contributed by atoms with Crippen LogP contribution < -0.4 is 11.0 Å². The standard InChI is InChI=1S/C12H10N3O3/c16-11-13-7-6-10(14-11)15-12(17)18-8-9-4-2-1-3-5-9/h1-5,7H,8H2,(H2,13,14,15,16,17). The van der Waals surface area contributed by atoms with E-state index in [1.165, 1.54) is 6.20 Å². The third-order valence-corrected chi connectivity index (χ3v) is 2.05. The van der Waals surface area contributed by atoms with Crippen molar-refractivity contribution in [2.45, 2.75) is 6.61 Å². The largest absolute Gasteiger partial charge is 0.444 e. The lowest BCUT2D eigenvalue weighted by molar-refractivity contribution is 0.155. The van der Waals surface area contributed by atoms with Crippen LogP contribution in [-0.2, 0) is 11.3 Å². The zero-order valence-corrected chi connectivity index (χ0v) is 9.34. The molecule has 0 fully saturated rings. The first-order valence-electron chi connectivity index (χ1n) is 5.19. The minimum Gasteiger partial charge on any atom is -0.444 e. The molecule has 1 aromatic heterocycles. The second-order valence-corrected chi connectivity index (χ2v) is 3.39. The van der Waals surface area contributed by atoms with Crippen molar-refractivity contribution in [2.75, 3.05) is 5.32 Å². The van der Waals surface area contributed by atoms with Crippen molar-refractivity contribution in [1.82, 2.24) is 9.97 Å². The number of rotatable bonds is 3. The van der Waals surface area contributed by atoms with Gasteiger partial charge in [-0.05, 0) is 5.56 Å².